The standard InChI is InChI=1S/C13H14N2O/c16-13(14-6-3-4-7-14)11-9-12-5-1-2-8-15(12)10-11/h1-2,5,8-10H,3-4,6-7H2. The summed E-state index contributed by atoms with van der Waals surface area (Å²) in [4.78, 5) is 14.1. The zero-order valence-electron chi connectivity index (χ0n) is 9.10. The molecular formula is C13H14N2O. The van der Waals surface area contributed by atoms with E-state index < -0.39 is 0 Å². The Kier molecular flexibility index (Phi) is 2.17. The van der Waals surface area contributed by atoms with Crippen molar-refractivity contribution in [2.75, 3.05) is 13.1 Å². The Morgan fingerprint density at radius 1 is 1.19 bits per heavy atom. The number of hydrogen-bond acceptors (Lipinski definition) is 1. The van der Waals surface area contributed by atoms with Crippen LogP contribution in [-0.4, -0.2) is 28.3 Å². The number of amides is 1. The second-order valence-electron chi connectivity index (χ2n) is 4.26. The minimum atomic E-state index is 0.168. The fraction of sp³-hybridized carbons (Fsp3) is 0.308. The van der Waals surface area contributed by atoms with Crippen LogP contribution >= 0.6 is 0 Å². The van der Waals surface area contributed by atoms with Crippen molar-refractivity contribution >= 4 is 11.4 Å². The van der Waals surface area contributed by atoms with E-state index in [2.05, 4.69) is 0 Å². The van der Waals surface area contributed by atoms with Crippen molar-refractivity contribution in [1.29, 1.82) is 0 Å². The number of fused-ring (bicyclic) bond motifs is 1. The van der Waals surface area contributed by atoms with Gasteiger partial charge in [0, 0.05) is 31.0 Å². The Balaban J connectivity index is 1.96. The number of aromatic nitrogens is 1. The lowest BCUT2D eigenvalue weighted by atomic mass is 10.3. The highest BCUT2D eigenvalue weighted by Gasteiger charge is 2.20. The summed E-state index contributed by atoms with van der Waals surface area (Å²) in [7, 11) is 0. The Bertz CT molecular complexity index is 490. The van der Waals surface area contributed by atoms with E-state index in [1.807, 2.05) is 46.0 Å². The first-order chi connectivity index (χ1) is 7.84. The fourth-order valence-electron chi connectivity index (χ4n) is 2.28. The Morgan fingerprint density at radius 2 is 2.00 bits per heavy atom. The molecule has 0 aromatic carbocycles. The monoisotopic (exact) mass is 214 g/mol. The maximum atomic E-state index is 12.1. The van der Waals surface area contributed by atoms with Gasteiger partial charge in [0.15, 0.2) is 0 Å². The van der Waals surface area contributed by atoms with E-state index in [0.29, 0.717) is 0 Å². The highest BCUT2D eigenvalue weighted by Crippen LogP contribution is 2.15. The molecule has 2 aromatic heterocycles. The number of pyridine rings is 1. The fourth-order valence-corrected chi connectivity index (χ4v) is 2.28. The molecule has 0 radical (unpaired) electrons. The summed E-state index contributed by atoms with van der Waals surface area (Å²) in [5.74, 6) is 0.168. The average molecular weight is 214 g/mol. The van der Waals surface area contributed by atoms with Crippen LogP contribution < -0.4 is 0 Å². The molecule has 3 heterocycles. The molecule has 82 valence electrons. The number of hydrogen-bond donors (Lipinski definition) is 0. The third-order valence-electron chi connectivity index (χ3n) is 3.14. The maximum absolute atomic E-state index is 12.1. The highest BCUT2D eigenvalue weighted by molar-refractivity contribution is 5.95. The minimum Gasteiger partial charge on any atom is -0.339 e. The van der Waals surface area contributed by atoms with E-state index in [4.69, 9.17) is 0 Å². The van der Waals surface area contributed by atoms with Crippen molar-refractivity contribution in [1.82, 2.24) is 9.30 Å². The second kappa shape index (κ2) is 3.67. The van der Waals surface area contributed by atoms with Crippen LogP contribution in [0.4, 0.5) is 0 Å². The topological polar surface area (TPSA) is 24.7 Å². The quantitative estimate of drug-likeness (QED) is 0.714. The van der Waals surface area contributed by atoms with Gasteiger partial charge in [0.2, 0.25) is 0 Å². The van der Waals surface area contributed by atoms with Crippen molar-refractivity contribution in [3.8, 4) is 0 Å². The van der Waals surface area contributed by atoms with Crippen LogP contribution in [-0.2, 0) is 0 Å². The van der Waals surface area contributed by atoms with Gasteiger partial charge < -0.3 is 9.30 Å². The van der Waals surface area contributed by atoms with Crippen molar-refractivity contribution in [2.45, 2.75) is 12.8 Å². The molecule has 1 aliphatic heterocycles. The zero-order valence-corrected chi connectivity index (χ0v) is 9.10. The predicted octanol–water partition coefficient (Wildman–Crippen LogP) is 2.18. The summed E-state index contributed by atoms with van der Waals surface area (Å²) in [6.45, 7) is 1.82. The highest BCUT2D eigenvalue weighted by atomic mass is 16.2. The molecule has 0 N–H and O–H groups in total. The van der Waals surface area contributed by atoms with Crippen LogP contribution in [0.2, 0.25) is 0 Å². The normalized spacial score (nSPS) is 15.9. The molecule has 3 nitrogen and oxygen atoms in total. The molecule has 16 heavy (non-hydrogen) atoms. The molecule has 2 aromatic rings. The van der Waals surface area contributed by atoms with E-state index in [0.717, 1.165) is 37.0 Å². The molecule has 0 unspecified atom stereocenters. The predicted molar refractivity (Wildman–Crippen MR) is 62.5 cm³/mol. The molecule has 1 saturated heterocycles. The lowest BCUT2D eigenvalue weighted by Crippen LogP contribution is -2.27. The van der Waals surface area contributed by atoms with E-state index in [1.165, 1.54) is 0 Å². The number of nitrogens with zero attached hydrogens (tertiary/aromatic N) is 2. The smallest absolute Gasteiger partial charge is 0.255 e. The van der Waals surface area contributed by atoms with E-state index in [9.17, 15) is 4.79 Å². The molecule has 0 bridgehead atoms. The third-order valence-corrected chi connectivity index (χ3v) is 3.14. The SMILES string of the molecule is O=C(c1cc2ccccn2c1)N1CCCC1. The summed E-state index contributed by atoms with van der Waals surface area (Å²) in [5, 5.41) is 0. The summed E-state index contributed by atoms with van der Waals surface area (Å²) in [5.41, 5.74) is 1.87. The average Bonchev–Trinajstić information content (AvgIpc) is 2.97. The number of likely N-dealkylation sites (tertiary alicyclic amines) is 1. The lowest BCUT2D eigenvalue weighted by Gasteiger charge is -2.13. The van der Waals surface area contributed by atoms with Gasteiger partial charge in [0.1, 0.15) is 0 Å². The van der Waals surface area contributed by atoms with Crippen molar-refractivity contribution in [2.24, 2.45) is 0 Å². The first-order valence-electron chi connectivity index (χ1n) is 5.70. The molecule has 1 fully saturated rings. The molecule has 3 rings (SSSR count). The number of carbonyl (C=O) groups excluding carboxylic acids is 1. The molecule has 1 amide bonds. The number of carbonyl (C=O) groups is 1. The molecule has 0 atom stereocenters. The Labute approximate surface area is 94.3 Å². The van der Waals surface area contributed by atoms with Crippen LogP contribution in [0.3, 0.4) is 0 Å². The molecule has 0 aliphatic carbocycles. The number of rotatable bonds is 1. The van der Waals surface area contributed by atoms with Crippen LogP contribution in [0.25, 0.3) is 5.52 Å². The van der Waals surface area contributed by atoms with Crippen molar-refractivity contribution in [3.05, 3.63) is 42.2 Å². The largest absolute Gasteiger partial charge is 0.339 e. The molecule has 0 saturated carbocycles. The van der Waals surface area contributed by atoms with Gasteiger partial charge >= 0.3 is 0 Å². The lowest BCUT2D eigenvalue weighted by molar-refractivity contribution is 0.0793. The first-order valence-corrected chi connectivity index (χ1v) is 5.70. The molecular weight excluding hydrogens is 200 g/mol. The molecule has 0 spiro atoms. The van der Waals surface area contributed by atoms with E-state index in [1.54, 1.807) is 0 Å². The van der Waals surface area contributed by atoms with E-state index >= 15 is 0 Å². The van der Waals surface area contributed by atoms with Gasteiger partial charge in [-0.3, -0.25) is 4.79 Å². The second-order valence-corrected chi connectivity index (χ2v) is 4.26. The van der Waals surface area contributed by atoms with Gasteiger partial charge in [0.05, 0.1) is 5.56 Å². The first kappa shape index (κ1) is 9.46. The van der Waals surface area contributed by atoms with Gasteiger partial charge in [-0.2, -0.15) is 0 Å². The molecule has 3 heteroatoms. The summed E-state index contributed by atoms with van der Waals surface area (Å²) >= 11 is 0. The van der Waals surface area contributed by atoms with Crippen LogP contribution in [0, 0.1) is 0 Å². The summed E-state index contributed by atoms with van der Waals surface area (Å²) in [6.07, 6.45) is 6.16. The Hall–Kier alpha value is -1.77. The van der Waals surface area contributed by atoms with Gasteiger partial charge in [-0.05, 0) is 31.0 Å². The van der Waals surface area contributed by atoms with Crippen molar-refractivity contribution in [3.63, 3.8) is 0 Å². The van der Waals surface area contributed by atoms with Crippen LogP contribution in [0.1, 0.15) is 23.2 Å². The van der Waals surface area contributed by atoms with Crippen LogP contribution in [0.15, 0.2) is 36.7 Å². The Morgan fingerprint density at radius 3 is 2.75 bits per heavy atom. The molecule has 1 aliphatic rings. The van der Waals surface area contributed by atoms with Crippen molar-refractivity contribution < 1.29 is 4.79 Å². The minimum absolute atomic E-state index is 0.168. The summed E-state index contributed by atoms with van der Waals surface area (Å²) in [6, 6.07) is 7.93. The third kappa shape index (κ3) is 1.48. The maximum Gasteiger partial charge on any atom is 0.255 e. The van der Waals surface area contributed by atoms with Gasteiger partial charge in [-0.25, -0.2) is 0 Å². The van der Waals surface area contributed by atoms with Gasteiger partial charge in [-0.15, -0.1) is 0 Å². The van der Waals surface area contributed by atoms with Gasteiger partial charge in [0.25, 0.3) is 5.91 Å². The summed E-state index contributed by atoms with van der Waals surface area (Å²) < 4.78 is 1.99. The van der Waals surface area contributed by atoms with Crippen LogP contribution in [0.5, 0.6) is 0 Å². The zero-order chi connectivity index (χ0) is 11.0. The van der Waals surface area contributed by atoms with E-state index in [-0.39, 0.29) is 5.91 Å². The van der Waals surface area contributed by atoms with Gasteiger partial charge in [-0.1, -0.05) is 6.07 Å².